The van der Waals surface area contributed by atoms with Crippen LogP contribution in [-0.4, -0.2) is 32.4 Å². The van der Waals surface area contributed by atoms with Crippen LogP contribution in [0.2, 0.25) is 0 Å². The maximum atomic E-state index is 11.5. The van der Waals surface area contributed by atoms with Crippen LogP contribution in [-0.2, 0) is 10.2 Å². The first-order valence-corrected chi connectivity index (χ1v) is 6.26. The predicted octanol–water partition coefficient (Wildman–Crippen LogP) is 0.715. The van der Waals surface area contributed by atoms with Crippen molar-refractivity contribution in [2.45, 2.75) is 38.6 Å². The third-order valence-corrected chi connectivity index (χ3v) is 4.23. The van der Waals surface area contributed by atoms with Crippen molar-refractivity contribution in [2.75, 3.05) is 13.6 Å². The van der Waals surface area contributed by atoms with Crippen molar-refractivity contribution in [2.24, 2.45) is 0 Å². The van der Waals surface area contributed by atoms with Gasteiger partial charge in [0, 0.05) is 19.6 Å². The Bertz CT molecular complexity index is 251. The molecule has 0 spiro atoms. The molecule has 4 nitrogen and oxygen atoms in total. The lowest BCUT2D eigenvalue weighted by Crippen LogP contribution is -2.47. The van der Waals surface area contributed by atoms with Gasteiger partial charge in [-0.15, -0.1) is 0 Å². The third-order valence-electron chi connectivity index (χ3n) is 2.61. The minimum Gasteiger partial charge on any atom is -0.205 e. The molecule has 1 atom stereocenters. The van der Waals surface area contributed by atoms with Gasteiger partial charge in [0.05, 0.1) is 0 Å². The lowest BCUT2D eigenvalue weighted by Gasteiger charge is -2.33. The van der Waals surface area contributed by atoms with E-state index < -0.39 is 10.2 Å². The molecule has 1 unspecified atom stereocenters. The number of nitrogens with one attached hydrogen (secondary N) is 1. The minimum absolute atomic E-state index is 0.200. The molecule has 1 N–H and O–H groups in total. The van der Waals surface area contributed by atoms with Crippen LogP contribution in [0.4, 0.5) is 0 Å². The number of piperidine rings is 1. The number of hydrogen-bond acceptors (Lipinski definition) is 2. The van der Waals surface area contributed by atoms with Crippen molar-refractivity contribution >= 4 is 10.2 Å². The van der Waals surface area contributed by atoms with Crippen LogP contribution in [0.3, 0.4) is 0 Å². The Morgan fingerprint density at radius 1 is 1.46 bits per heavy atom. The van der Waals surface area contributed by atoms with Crippen LogP contribution in [0, 0.1) is 0 Å². The molecule has 0 aromatic heterocycles. The van der Waals surface area contributed by atoms with E-state index in [4.69, 9.17) is 0 Å². The largest absolute Gasteiger partial charge is 0.279 e. The summed E-state index contributed by atoms with van der Waals surface area (Å²) >= 11 is 0. The first-order valence-electron chi connectivity index (χ1n) is 4.82. The van der Waals surface area contributed by atoms with Gasteiger partial charge in [0.2, 0.25) is 0 Å². The Balaban J connectivity index is 2.75. The lowest BCUT2D eigenvalue weighted by molar-refractivity contribution is 0.244. The van der Waals surface area contributed by atoms with Crippen LogP contribution in [0.1, 0.15) is 32.6 Å². The molecule has 1 aliphatic rings. The Labute approximate surface area is 80.5 Å². The average molecular weight is 206 g/mol. The molecule has 5 heteroatoms. The van der Waals surface area contributed by atoms with E-state index in [-0.39, 0.29) is 6.04 Å². The van der Waals surface area contributed by atoms with Gasteiger partial charge in [0.25, 0.3) is 10.2 Å². The van der Waals surface area contributed by atoms with Crippen molar-refractivity contribution < 1.29 is 8.42 Å². The van der Waals surface area contributed by atoms with Crippen molar-refractivity contribution in [3.63, 3.8) is 0 Å². The maximum Gasteiger partial charge on any atom is 0.279 e. The minimum atomic E-state index is -3.20. The monoisotopic (exact) mass is 206 g/mol. The zero-order valence-corrected chi connectivity index (χ0v) is 9.10. The molecule has 13 heavy (non-hydrogen) atoms. The van der Waals surface area contributed by atoms with Gasteiger partial charge in [0.1, 0.15) is 0 Å². The van der Waals surface area contributed by atoms with E-state index in [0.29, 0.717) is 6.54 Å². The van der Waals surface area contributed by atoms with Crippen molar-refractivity contribution in [1.29, 1.82) is 0 Å². The molecule has 1 fully saturated rings. The molecular weight excluding hydrogens is 188 g/mol. The Morgan fingerprint density at radius 3 is 2.69 bits per heavy atom. The summed E-state index contributed by atoms with van der Waals surface area (Å²) in [4.78, 5) is 0. The van der Waals surface area contributed by atoms with Crippen LogP contribution < -0.4 is 4.72 Å². The van der Waals surface area contributed by atoms with Gasteiger partial charge in [-0.2, -0.15) is 12.7 Å². The van der Waals surface area contributed by atoms with E-state index in [1.54, 1.807) is 4.31 Å². The highest BCUT2D eigenvalue weighted by Crippen LogP contribution is 2.21. The van der Waals surface area contributed by atoms with Crippen molar-refractivity contribution in [3.8, 4) is 0 Å². The quantitative estimate of drug-likeness (QED) is 0.739. The summed E-state index contributed by atoms with van der Waals surface area (Å²) in [5.74, 6) is 0. The lowest BCUT2D eigenvalue weighted by atomic mass is 10.0. The smallest absolute Gasteiger partial charge is 0.205 e. The Kier molecular flexibility index (Phi) is 3.70. The highest BCUT2D eigenvalue weighted by molar-refractivity contribution is 7.87. The zero-order chi connectivity index (χ0) is 9.90. The van der Waals surface area contributed by atoms with Crippen LogP contribution in [0.15, 0.2) is 0 Å². The topological polar surface area (TPSA) is 49.4 Å². The van der Waals surface area contributed by atoms with E-state index in [2.05, 4.69) is 4.72 Å². The number of hydrogen-bond donors (Lipinski definition) is 1. The summed E-state index contributed by atoms with van der Waals surface area (Å²) in [6.07, 6.45) is 4.03. The fraction of sp³-hybridized carbons (Fsp3) is 1.00. The first-order chi connectivity index (χ1) is 6.11. The van der Waals surface area contributed by atoms with Gasteiger partial charge in [0.15, 0.2) is 0 Å². The number of nitrogens with zero attached hydrogens (tertiary/aromatic N) is 1. The van der Waals surface area contributed by atoms with Crippen LogP contribution >= 0.6 is 0 Å². The molecule has 1 rings (SSSR count). The van der Waals surface area contributed by atoms with E-state index in [1.165, 1.54) is 7.05 Å². The Hall–Kier alpha value is -0.130. The second kappa shape index (κ2) is 4.39. The SMILES string of the molecule is CCC1CCCCN1S(=O)(=O)NC. The molecule has 1 aliphatic heterocycles. The fourth-order valence-corrected chi connectivity index (χ4v) is 3.07. The summed E-state index contributed by atoms with van der Waals surface area (Å²) < 4.78 is 27.0. The molecule has 78 valence electrons. The summed E-state index contributed by atoms with van der Waals surface area (Å²) in [6, 6.07) is 0.200. The molecule has 1 saturated heterocycles. The van der Waals surface area contributed by atoms with E-state index >= 15 is 0 Å². The average Bonchev–Trinajstić information content (AvgIpc) is 2.18. The molecule has 1 heterocycles. The highest BCUT2D eigenvalue weighted by Gasteiger charge is 2.29. The summed E-state index contributed by atoms with van der Waals surface area (Å²) in [5, 5.41) is 0. The predicted molar refractivity (Wildman–Crippen MR) is 52.6 cm³/mol. The van der Waals surface area contributed by atoms with Gasteiger partial charge < -0.3 is 0 Å². The molecular formula is C8H18N2O2S. The molecule has 0 amide bonds. The zero-order valence-electron chi connectivity index (χ0n) is 8.28. The van der Waals surface area contributed by atoms with E-state index in [0.717, 1.165) is 25.7 Å². The summed E-state index contributed by atoms with van der Waals surface area (Å²) in [5.41, 5.74) is 0. The summed E-state index contributed by atoms with van der Waals surface area (Å²) in [7, 11) is -1.73. The normalized spacial score (nSPS) is 26.2. The van der Waals surface area contributed by atoms with Crippen LogP contribution in [0.25, 0.3) is 0 Å². The molecule has 0 saturated carbocycles. The van der Waals surface area contributed by atoms with Crippen molar-refractivity contribution in [3.05, 3.63) is 0 Å². The molecule has 0 aliphatic carbocycles. The van der Waals surface area contributed by atoms with Gasteiger partial charge in [-0.3, -0.25) is 0 Å². The molecule has 0 radical (unpaired) electrons. The van der Waals surface area contributed by atoms with E-state index in [9.17, 15) is 8.42 Å². The van der Waals surface area contributed by atoms with E-state index in [1.807, 2.05) is 6.92 Å². The third kappa shape index (κ3) is 2.42. The molecule has 0 aromatic rings. The standard InChI is InChI=1S/C8H18N2O2S/c1-3-8-6-4-5-7-10(8)13(11,12)9-2/h8-9H,3-7H2,1-2H3. The fourth-order valence-electron chi connectivity index (χ4n) is 1.82. The highest BCUT2D eigenvalue weighted by atomic mass is 32.2. The van der Waals surface area contributed by atoms with Gasteiger partial charge >= 0.3 is 0 Å². The van der Waals surface area contributed by atoms with Gasteiger partial charge in [-0.05, 0) is 19.3 Å². The van der Waals surface area contributed by atoms with Crippen LogP contribution in [0.5, 0.6) is 0 Å². The van der Waals surface area contributed by atoms with Gasteiger partial charge in [-0.1, -0.05) is 13.3 Å². The second-order valence-corrected chi connectivity index (χ2v) is 5.21. The first kappa shape index (κ1) is 10.9. The number of rotatable bonds is 3. The molecule has 0 aromatic carbocycles. The maximum absolute atomic E-state index is 11.5. The Morgan fingerprint density at radius 2 is 2.15 bits per heavy atom. The molecule has 0 bridgehead atoms. The van der Waals surface area contributed by atoms with Gasteiger partial charge in [-0.25, -0.2) is 4.72 Å². The summed E-state index contributed by atoms with van der Waals surface area (Å²) in [6.45, 7) is 2.70. The second-order valence-electron chi connectivity index (χ2n) is 3.38. The van der Waals surface area contributed by atoms with Crippen molar-refractivity contribution in [1.82, 2.24) is 9.03 Å².